The van der Waals surface area contributed by atoms with E-state index in [1.54, 1.807) is 30.3 Å². The molecule has 0 aliphatic rings. The number of carbonyl (C=O) groups is 2. The van der Waals surface area contributed by atoms with E-state index < -0.39 is 0 Å². The number of fused-ring (bicyclic) bond motifs is 1. The number of aromatic nitrogens is 1. The van der Waals surface area contributed by atoms with Crippen LogP contribution in [0.5, 0.6) is 0 Å². The van der Waals surface area contributed by atoms with Gasteiger partial charge in [-0.25, -0.2) is 4.39 Å². The summed E-state index contributed by atoms with van der Waals surface area (Å²) in [6.07, 6.45) is 0.342. The molecule has 0 aliphatic heterocycles. The van der Waals surface area contributed by atoms with Gasteiger partial charge in [-0.1, -0.05) is 0 Å². The molecule has 0 saturated carbocycles. The number of amides is 2. The van der Waals surface area contributed by atoms with Crippen LogP contribution in [0.1, 0.15) is 18.9 Å². The van der Waals surface area contributed by atoms with Crippen molar-refractivity contribution >= 4 is 34.1 Å². The van der Waals surface area contributed by atoms with Gasteiger partial charge in [-0.05, 0) is 55.0 Å². The highest BCUT2D eigenvalue weighted by molar-refractivity contribution is 5.92. The van der Waals surface area contributed by atoms with Crippen LogP contribution < -0.4 is 16.2 Å². The molecule has 0 aliphatic carbocycles. The van der Waals surface area contributed by atoms with Gasteiger partial charge in [0.25, 0.3) is 5.56 Å². The van der Waals surface area contributed by atoms with E-state index in [1.807, 2.05) is 0 Å². The van der Waals surface area contributed by atoms with Gasteiger partial charge in [0.2, 0.25) is 11.8 Å². The van der Waals surface area contributed by atoms with E-state index in [9.17, 15) is 18.8 Å². The predicted octanol–water partition coefficient (Wildman–Crippen LogP) is 3.20. The zero-order valence-electron chi connectivity index (χ0n) is 14.6. The number of pyridine rings is 1. The first kappa shape index (κ1) is 18.3. The molecule has 0 bridgehead atoms. The lowest BCUT2D eigenvalue weighted by atomic mass is 10.1. The van der Waals surface area contributed by atoms with E-state index in [1.165, 1.54) is 25.1 Å². The molecule has 6 nitrogen and oxygen atoms in total. The second-order valence-electron chi connectivity index (χ2n) is 6.16. The third-order valence-corrected chi connectivity index (χ3v) is 3.99. The van der Waals surface area contributed by atoms with Crippen LogP contribution in [0.25, 0.3) is 10.9 Å². The number of H-pyrrole nitrogens is 1. The molecule has 2 amide bonds. The number of aromatic amines is 1. The third-order valence-electron chi connectivity index (χ3n) is 3.99. The largest absolute Gasteiger partial charge is 0.326 e. The average molecular weight is 367 g/mol. The number of hydrogen-bond acceptors (Lipinski definition) is 3. The molecule has 27 heavy (non-hydrogen) atoms. The van der Waals surface area contributed by atoms with E-state index in [0.717, 1.165) is 0 Å². The average Bonchev–Trinajstić information content (AvgIpc) is 2.61. The SMILES string of the molecule is CC(=O)Nc1ccc(NC(=O)CCc2cc3cc(F)ccc3[nH]c2=O)cc1. The lowest BCUT2D eigenvalue weighted by molar-refractivity contribution is -0.116. The number of benzene rings is 2. The summed E-state index contributed by atoms with van der Waals surface area (Å²) >= 11 is 0. The van der Waals surface area contributed by atoms with Crippen LogP contribution in [0, 0.1) is 5.82 Å². The Morgan fingerprint density at radius 2 is 1.67 bits per heavy atom. The molecule has 0 spiro atoms. The summed E-state index contributed by atoms with van der Waals surface area (Å²) in [5, 5.41) is 5.96. The van der Waals surface area contributed by atoms with E-state index >= 15 is 0 Å². The molecule has 1 aromatic heterocycles. The number of hydrogen-bond donors (Lipinski definition) is 3. The number of anilines is 2. The number of nitrogens with one attached hydrogen (secondary N) is 3. The predicted molar refractivity (Wildman–Crippen MR) is 102 cm³/mol. The zero-order chi connectivity index (χ0) is 19.4. The maximum atomic E-state index is 13.3. The van der Waals surface area contributed by atoms with E-state index in [4.69, 9.17) is 0 Å². The van der Waals surface area contributed by atoms with Crippen molar-refractivity contribution in [3.05, 3.63) is 70.3 Å². The Hall–Kier alpha value is -3.48. The van der Waals surface area contributed by atoms with Crippen LogP contribution in [0.4, 0.5) is 15.8 Å². The Morgan fingerprint density at radius 3 is 2.33 bits per heavy atom. The summed E-state index contributed by atoms with van der Waals surface area (Å²) in [7, 11) is 0. The van der Waals surface area contributed by atoms with Gasteiger partial charge in [0.05, 0.1) is 0 Å². The molecule has 0 fully saturated rings. The lowest BCUT2D eigenvalue weighted by Crippen LogP contribution is -2.17. The molecule has 138 valence electrons. The minimum absolute atomic E-state index is 0.108. The first-order valence-corrected chi connectivity index (χ1v) is 8.40. The molecule has 0 atom stereocenters. The number of halogens is 1. The molecule has 1 heterocycles. The van der Waals surface area contributed by atoms with Gasteiger partial charge in [-0.2, -0.15) is 0 Å². The van der Waals surface area contributed by atoms with E-state index in [0.29, 0.717) is 27.8 Å². The van der Waals surface area contributed by atoms with Crippen LogP contribution >= 0.6 is 0 Å². The fourth-order valence-corrected chi connectivity index (χ4v) is 2.72. The Morgan fingerprint density at radius 1 is 1.00 bits per heavy atom. The van der Waals surface area contributed by atoms with Gasteiger partial charge in [0.1, 0.15) is 5.82 Å². The molecule has 0 radical (unpaired) electrons. The van der Waals surface area contributed by atoms with Crippen molar-refractivity contribution in [1.82, 2.24) is 4.98 Å². The maximum absolute atomic E-state index is 13.3. The standard InChI is InChI=1S/C20H18FN3O3/c1-12(25)22-16-4-6-17(7-5-16)23-19(26)9-2-13-10-14-11-15(21)3-8-18(14)24-20(13)27/h3-8,10-11H,2,9H2,1H3,(H,22,25)(H,23,26)(H,24,27). The third kappa shape index (κ3) is 4.78. The molecule has 0 unspecified atom stereocenters. The van der Waals surface area contributed by atoms with Crippen molar-refractivity contribution in [3.63, 3.8) is 0 Å². The highest BCUT2D eigenvalue weighted by Gasteiger charge is 2.08. The first-order chi connectivity index (χ1) is 12.9. The van der Waals surface area contributed by atoms with Crippen molar-refractivity contribution in [3.8, 4) is 0 Å². The van der Waals surface area contributed by atoms with Crippen molar-refractivity contribution in [2.45, 2.75) is 19.8 Å². The second-order valence-corrected chi connectivity index (χ2v) is 6.16. The van der Waals surface area contributed by atoms with Gasteiger partial charge in [-0.3, -0.25) is 14.4 Å². The summed E-state index contributed by atoms with van der Waals surface area (Å²) in [5.74, 6) is -0.811. The molecule has 3 aromatic rings. The van der Waals surface area contributed by atoms with Crippen LogP contribution in [0.2, 0.25) is 0 Å². The van der Waals surface area contributed by atoms with Crippen molar-refractivity contribution in [2.75, 3.05) is 10.6 Å². The fourth-order valence-electron chi connectivity index (χ4n) is 2.72. The molecule has 2 aromatic carbocycles. The summed E-state index contributed by atoms with van der Waals surface area (Å²) < 4.78 is 13.3. The number of rotatable bonds is 5. The molecular weight excluding hydrogens is 349 g/mol. The Bertz CT molecular complexity index is 1060. The van der Waals surface area contributed by atoms with Crippen molar-refractivity contribution in [1.29, 1.82) is 0 Å². The minimum Gasteiger partial charge on any atom is -0.326 e. The Balaban J connectivity index is 1.63. The molecule has 3 N–H and O–H groups in total. The molecular formula is C20H18FN3O3. The van der Waals surface area contributed by atoms with Crippen molar-refractivity contribution in [2.24, 2.45) is 0 Å². The zero-order valence-corrected chi connectivity index (χ0v) is 14.6. The topological polar surface area (TPSA) is 91.1 Å². The Labute approximate surface area is 154 Å². The highest BCUT2D eigenvalue weighted by atomic mass is 19.1. The molecule has 7 heteroatoms. The van der Waals surface area contributed by atoms with Gasteiger partial charge >= 0.3 is 0 Å². The van der Waals surface area contributed by atoms with Crippen LogP contribution in [-0.2, 0) is 16.0 Å². The minimum atomic E-state index is -0.388. The highest BCUT2D eigenvalue weighted by Crippen LogP contribution is 2.15. The van der Waals surface area contributed by atoms with Crippen LogP contribution in [0.15, 0.2) is 53.3 Å². The van der Waals surface area contributed by atoms with E-state index in [2.05, 4.69) is 15.6 Å². The lowest BCUT2D eigenvalue weighted by Gasteiger charge is -2.07. The molecule has 0 saturated heterocycles. The van der Waals surface area contributed by atoms with Crippen LogP contribution in [0.3, 0.4) is 0 Å². The Kier molecular flexibility index (Phi) is 5.30. The first-order valence-electron chi connectivity index (χ1n) is 8.40. The summed E-state index contributed by atoms with van der Waals surface area (Å²) in [6, 6.07) is 12.4. The van der Waals surface area contributed by atoms with E-state index in [-0.39, 0.29) is 36.0 Å². The van der Waals surface area contributed by atoms with Gasteiger partial charge in [-0.15, -0.1) is 0 Å². The van der Waals surface area contributed by atoms with Crippen molar-refractivity contribution < 1.29 is 14.0 Å². The summed E-state index contributed by atoms with van der Waals surface area (Å²) in [4.78, 5) is 37.9. The number of carbonyl (C=O) groups excluding carboxylic acids is 2. The second kappa shape index (κ2) is 7.82. The smallest absolute Gasteiger partial charge is 0.251 e. The molecule has 3 rings (SSSR count). The normalized spacial score (nSPS) is 10.6. The van der Waals surface area contributed by atoms with Gasteiger partial charge < -0.3 is 15.6 Å². The quantitative estimate of drug-likeness (QED) is 0.647. The summed E-state index contributed by atoms with van der Waals surface area (Å²) in [6.45, 7) is 1.42. The fraction of sp³-hybridized carbons (Fsp3) is 0.150. The van der Waals surface area contributed by atoms with Gasteiger partial charge in [0, 0.05) is 41.2 Å². The van der Waals surface area contributed by atoms with Crippen LogP contribution in [-0.4, -0.2) is 16.8 Å². The number of aryl methyl sites for hydroxylation is 1. The van der Waals surface area contributed by atoms with Gasteiger partial charge in [0.15, 0.2) is 0 Å². The summed E-state index contributed by atoms with van der Waals surface area (Å²) in [5.41, 5.74) is 1.90. The maximum Gasteiger partial charge on any atom is 0.251 e. The monoisotopic (exact) mass is 367 g/mol.